The largest absolute Gasteiger partial charge is 0.481 e. The lowest BCUT2D eigenvalue weighted by Gasteiger charge is -2.22. The minimum atomic E-state index is -1.24. The quantitative estimate of drug-likeness (QED) is 0.899. The summed E-state index contributed by atoms with van der Waals surface area (Å²) in [6.07, 6.45) is 0. The number of aliphatic carboxylic acids is 1. The van der Waals surface area contributed by atoms with Gasteiger partial charge >= 0.3 is 5.97 Å². The Morgan fingerprint density at radius 2 is 2.00 bits per heavy atom. The fraction of sp³-hybridized carbons (Fsp3) is 0.364. The van der Waals surface area contributed by atoms with Crippen molar-refractivity contribution >= 4 is 21.9 Å². The predicted molar refractivity (Wildman–Crippen MR) is 59.5 cm³/mol. The monoisotopic (exact) mass is 274 g/mol. The van der Waals surface area contributed by atoms with Gasteiger partial charge in [-0.2, -0.15) is 0 Å². The first-order valence-corrected chi connectivity index (χ1v) is 5.25. The number of halogens is 2. The van der Waals surface area contributed by atoms with E-state index in [1.165, 1.54) is 19.9 Å². The van der Waals surface area contributed by atoms with E-state index in [1.807, 2.05) is 0 Å². The summed E-state index contributed by atoms with van der Waals surface area (Å²) < 4.78 is 14.2. The van der Waals surface area contributed by atoms with Crippen LogP contribution in [-0.2, 0) is 10.2 Å². The number of hydrogen-bond donors (Lipinski definition) is 1. The van der Waals surface area contributed by atoms with E-state index in [0.29, 0.717) is 4.47 Å². The minimum Gasteiger partial charge on any atom is -0.481 e. The van der Waals surface area contributed by atoms with Crippen LogP contribution < -0.4 is 0 Å². The zero-order chi connectivity index (χ0) is 11.8. The lowest BCUT2D eigenvalue weighted by molar-refractivity contribution is -0.142. The van der Waals surface area contributed by atoms with Gasteiger partial charge in [0.05, 0.1) is 5.41 Å². The fourth-order valence-electron chi connectivity index (χ4n) is 1.40. The standard InChI is InChI=1S/C11H12BrFO2/c1-6-4-7(12)9(8(13)5-6)11(2,3)10(14)15/h4-5H,1-3H3,(H,14,15). The molecule has 2 nitrogen and oxygen atoms in total. The topological polar surface area (TPSA) is 37.3 Å². The average Bonchev–Trinajstić information content (AvgIpc) is 2.00. The van der Waals surface area contributed by atoms with Crippen LogP contribution in [0.5, 0.6) is 0 Å². The molecule has 0 aliphatic heterocycles. The smallest absolute Gasteiger partial charge is 0.313 e. The highest BCUT2D eigenvalue weighted by Crippen LogP contribution is 2.33. The van der Waals surface area contributed by atoms with Crippen LogP contribution in [0, 0.1) is 12.7 Å². The minimum absolute atomic E-state index is 0.181. The molecule has 0 amide bonds. The first kappa shape index (κ1) is 12.2. The van der Waals surface area contributed by atoms with Gasteiger partial charge < -0.3 is 5.11 Å². The normalized spacial score (nSPS) is 11.5. The Bertz CT molecular complexity index is 390. The summed E-state index contributed by atoms with van der Waals surface area (Å²) in [4.78, 5) is 11.0. The summed E-state index contributed by atoms with van der Waals surface area (Å²) in [5, 5.41) is 9.03. The molecule has 4 heteroatoms. The summed E-state index contributed by atoms with van der Waals surface area (Å²) in [6.45, 7) is 4.72. The van der Waals surface area contributed by atoms with Crippen LogP contribution in [-0.4, -0.2) is 11.1 Å². The second-order valence-electron chi connectivity index (χ2n) is 4.03. The number of rotatable bonds is 2. The first-order valence-electron chi connectivity index (χ1n) is 4.46. The molecule has 15 heavy (non-hydrogen) atoms. The molecule has 1 aromatic carbocycles. The second-order valence-corrected chi connectivity index (χ2v) is 4.89. The van der Waals surface area contributed by atoms with Crippen LogP contribution in [0.4, 0.5) is 4.39 Å². The third kappa shape index (κ3) is 2.20. The van der Waals surface area contributed by atoms with Gasteiger partial charge in [-0.15, -0.1) is 0 Å². The maximum absolute atomic E-state index is 13.7. The Morgan fingerprint density at radius 1 is 1.47 bits per heavy atom. The number of carboxylic acids is 1. The number of carboxylic acid groups (broad SMARTS) is 1. The molecule has 0 radical (unpaired) electrons. The van der Waals surface area contributed by atoms with Crippen molar-refractivity contribution < 1.29 is 14.3 Å². The fourth-order valence-corrected chi connectivity index (χ4v) is 2.45. The maximum Gasteiger partial charge on any atom is 0.313 e. The van der Waals surface area contributed by atoms with Gasteiger partial charge in [0, 0.05) is 10.0 Å². The van der Waals surface area contributed by atoms with Crippen LogP contribution in [0.25, 0.3) is 0 Å². The Morgan fingerprint density at radius 3 is 2.40 bits per heavy atom. The first-order chi connectivity index (χ1) is 6.76. The van der Waals surface area contributed by atoms with Crippen molar-refractivity contribution in [1.82, 2.24) is 0 Å². The molecule has 1 rings (SSSR count). The lowest BCUT2D eigenvalue weighted by atomic mass is 9.84. The molecule has 0 aliphatic carbocycles. The highest BCUT2D eigenvalue weighted by Gasteiger charge is 2.34. The van der Waals surface area contributed by atoms with Crippen molar-refractivity contribution in [2.45, 2.75) is 26.2 Å². The third-order valence-electron chi connectivity index (χ3n) is 2.35. The third-order valence-corrected chi connectivity index (χ3v) is 2.97. The van der Waals surface area contributed by atoms with Crippen LogP contribution in [0.3, 0.4) is 0 Å². The number of aryl methyl sites for hydroxylation is 1. The summed E-state index contributed by atoms with van der Waals surface area (Å²) in [7, 11) is 0. The molecule has 1 N–H and O–H groups in total. The zero-order valence-electron chi connectivity index (χ0n) is 8.77. The van der Waals surface area contributed by atoms with E-state index < -0.39 is 17.2 Å². The van der Waals surface area contributed by atoms with Gasteiger partial charge in [0.25, 0.3) is 0 Å². The Kier molecular flexibility index (Phi) is 3.19. The van der Waals surface area contributed by atoms with Crippen molar-refractivity contribution in [3.63, 3.8) is 0 Å². The molecule has 0 heterocycles. The molecule has 0 saturated heterocycles. The Hall–Kier alpha value is -0.900. The van der Waals surface area contributed by atoms with Crippen molar-refractivity contribution in [3.05, 3.63) is 33.5 Å². The van der Waals surface area contributed by atoms with E-state index >= 15 is 0 Å². The number of carbonyl (C=O) groups is 1. The molecule has 0 bridgehead atoms. The Labute approximate surface area is 96.2 Å². The molecule has 0 saturated carbocycles. The molecule has 0 aromatic heterocycles. The van der Waals surface area contributed by atoms with Crippen LogP contribution >= 0.6 is 15.9 Å². The van der Waals surface area contributed by atoms with Gasteiger partial charge in [-0.1, -0.05) is 15.9 Å². The molecule has 0 unspecified atom stereocenters. The second kappa shape index (κ2) is 3.93. The maximum atomic E-state index is 13.7. The molecule has 0 fully saturated rings. The predicted octanol–water partition coefficient (Wildman–Crippen LogP) is 3.26. The SMILES string of the molecule is Cc1cc(F)c(C(C)(C)C(=O)O)c(Br)c1. The van der Waals surface area contributed by atoms with Gasteiger partial charge in [-0.3, -0.25) is 4.79 Å². The van der Waals surface area contributed by atoms with Gasteiger partial charge in [-0.25, -0.2) is 4.39 Å². The van der Waals surface area contributed by atoms with E-state index in [0.717, 1.165) is 5.56 Å². The van der Waals surface area contributed by atoms with Crippen molar-refractivity contribution in [2.75, 3.05) is 0 Å². The van der Waals surface area contributed by atoms with Crippen LogP contribution in [0.1, 0.15) is 25.0 Å². The zero-order valence-corrected chi connectivity index (χ0v) is 10.4. The van der Waals surface area contributed by atoms with Gasteiger partial charge in [0.1, 0.15) is 5.82 Å². The molecular formula is C11H12BrFO2. The van der Waals surface area contributed by atoms with E-state index in [9.17, 15) is 9.18 Å². The summed E-state index contributed by atoms with van der Waals surface area (Å²) >= 11 is 3.20. The van der Waals surface area contributed by atoms with E-state index in [2.05, 4.69) is 15.9 Å². The van der Waals surface area contributed by atoms with Gasteiger partial charge in [0.2, 0.25) is 0 Å². The molecule has 1 aromatic rings. The molecule has 0 spiro atoms. The number of hydrogen-bond acceptors (Lipinski definition) is 1. The van der Waals surface area contributed by atoms with E-state index in [1.54, 1.807) is 13.0 Å². The van der Waals surface area contributed by atoms with Crippen LogP contribution in [0.15, 0.2) is 16.6 Å². The van der Waals surface area contributed by atoms with Crippen molar-refractivity contribution in [1.29, 1.82) is 0 Å². The summed E-state index contributed by atoms with van der Waals surface area (Å²) in [5.41, 5.74) is -0.304. The molecule has 0 aliphatic rings. The van der Waals surface area contributed by atoms with E-state index in [4.69, 9.17) is 5.11 Å². The summed E-state index contributed by atoms with van der Waals surface area (Å²) in [5.74, 6) is -1.54. The van der Waals surface area contributed by atoms with Crippen molar-refractivity contribution in [2.24, 2.45) is 0 Å². The molecule has 82 valence electrons. The molecule has 0 atom stereocenters. The molecular weight excluding hydrogens is 263 g/mol. The van der Waals surface area contributed by atoms with Gasteiger partial charge in [0.15, 0.2) is 0 Å². The summed E-state index contributed by atoms with van der Waals surface area (Å²) in [6, 6.07) is 3.05. The average molecular weight is 275 g/mol. The van der Waals surface area contributed by atoms with Gasteiger partial charge in [-0.05, 0) is 38.5 Å². The Balaban J connectivity index is 3.44. The van der Waals surface area contributed by atoms with Crippen molar-refractivity contribution in [3.8, 4) is 0 Å². The number of benzene rings is 1. The van der Waals surface area contributed by atoms with Crippen LogP contribution in [0.2, 0.25) is 0 Å². The lowest BCUT2D eigenvalue weighted by Crippen LogP contribution is -2.30. The highest BCUT2D eigenvalue weighted by atomic mass is 79.9. The van der Waals surface area contributed by atoms with E-state index in [-0.39, 0.29) is 5.56 Å². The highest BCUT2D eigenvalue weighted by molar-refractivity contribution is 9.10.